The molecule has 28 heavy (non-hydrogen) atoms. The number of hydrogen-bond donors (Lipinski definition) is 2. The Morgan fingerprint density at radius 3 is 2.71 bits per heavy atom. The molecule has 0 fully saturated rings. The minimum absolute atomic E-state index is 0.179. The Labute approximate surface area is 173 Å². The van der Waals surface area contributed by atoms with E-state index in [9.17, 15) is 5.11 Å². The van der Waals surface area contributed by atoms with Gasteiger partial charge in [-0.1, -0.05) is 41.9 Å². The van der Waals surface area contributed by atoms with Gasteiger partial charge in [-0.25, -0.2) is 4.98 Å². The zero-order valence-electron chi connectivity index (χ0n) is 15.7. The molecular weight excluding hydrogens is 390 g/mol. The lowest BCUT2D eigenvalue weighted by Gasteiger charge is -2.19. The van der Waals surface area contributed by atoms with Crippen LogP contribution in [0.1, 0.15) is 21.7 Å². The highest BCUT2D eigenvalue weighted by atomic mass is 35.5. The molecule has 2 heterocycles. The Morgan fingerprint density at radius 2 is 1.96 bits per heavy atom. The van der Waals surface area contributed by atoms with Gasteiger partial charge in [0.05, 0.1) is 17.8 Å². The van der Waals surface area contributed by atoms with Gasteiger partial charge in [-0.05, 0) is 42.7 Å². The zero-order chi connectivity index (χ0) is 19.8. The van der Waals surface area contributed by atoms with Crippen molar-refractivity contribution in [1.29, 1.82) is 5.41 Å². The third-order valence-corrected chi connectivity index (χ3v) is 6.25. The Bertz CT molecular complexity index is 1100. The highest BCUT2D eigenvalue weighted by Crippen LogP contribution is 2.33. The van der Waals surface area contributed by atoms with E-state index in [0.29, 0.717) is 22.1 Å². The minimum atomic E-state index is 0.179. The maximum Gasteiger partial charge on any atom is 0.135 e. The second kappa shape index (κ2) is 7.41. The van der Waals surface area contributed by atoms with Crippen LogP contribution in [0, 0.1) is 19.3 Å². The average molecular weight is 410 g/mol. The highest BCUT2D eigenvalue weighted by molar-refractivity contribution is 7.11. The van der Waals surface area contributed by atoms with Crippen molar-refractivity contribution in [3.05, 3.63) is 80.3 Å². The SMILES string of the molecule is Cc1ccc(-c2csc(C3=C(O)CN(Cc4ccccc4Cl)C3=N)n2)cc1C. The van der Waals surface area contributed by atoms with Crippen molar-refractivity contribution in [2.75, 3.05) is 6.54 Å². The second-order valence-electron chi connectivity index (χ2n) is 6.95. The Balaban J connectivity index is 1.58. The molecule has 0 saturated heterocycles. The lowest BCUT2D eigenvalue weighted by atomic mass is 10.1. The Kier molecular flexibility index (Phi) is 4.96. The van der Waals surface area contributed by atoms with Crippen LogP contribution >= 0.6 is 22.9 Å². The predicted molar refractivity (Wildman–Crippen MR) is 116 cm³/mol. The number of aryl methyl sites for hydroxylation is 2. The molecule has 1 aliphatic heterocycles. The number of aliphatic hydroxyl groups is 1. The number of aliphatic hydroxyl groups excluding tert-OH is 1. The molecule has 6 heteroatoms. The first-order chi connectivity index (χ1) is 13.4. The Hall–Kier alpha value is -2.63. The van der Waals surface area contributed by atoms with Crippen LogP contribution < -0.4 is 0 Å². The lowest BCUT2D eigenvalue weighted by Crippen LogP contribution is -2.26. The number of benzene rings is 2. The van der Waals surface area contributed by atoms with Crippen molar-refractivity contribution >= 4 is 34.3 Å². The van der Waals surface area contributed by atoms with Gasteiger partial charge in [0.1, 0.15) is 16.6 Å². The lowest BCUT2D eigenvalue weighted by molar-refractivity contribution is 0.347. The summed E-state index contributed by atoms with van der Waals surface area (Å²) in [6.45, 7) is 4.93. The summed E-state index contributed by atoms with van der Waals surface area (Å²) in [5.41, 5.74) is 5.80. The maximum absolute atomic E-state index is 10.5. The van der Waals surface area contributed by atoms with E-state index in [1.54, 1.807) is 0 Å². The van der Waals surface area contributed by atoms with E-state index in [1.165, 1.54) is 22.5 Å². The first-order valence-corrected chi connectivity index (χ1v) is 10.2. The third-order valence-electron chi connectivity index (χ3n) is 5.02. The minimum Gasteiger partial charge on any atom is -0.510 e. The van der Waals surface area contributed by atoms with Crippen LogP contribution in [0.15, 0.2) is 53.6 Å². The number of rotatable bonds is 4. The molecule has 0 saturated carbocycles. The summed E-state index contributed by atoms with van der Waals surface area (Å²) in [5, 5.41) is 22.4. The van der Waals surface area contributed by atoms with Gasteiger partial charge in [-0.15, -0.1) is 11.3 Å². The molecule has 4 rings (SSSR count). The van der Waals surface area contributed by atoms with Crippen LogP contribution in [0.2, 0.25) is 5.02 Å². The normalized spacial score (nSPS) is 14.2. The molecule has 0 aliphatic carbocycles. The van der Waals surface area contributed by atoms with E-state index in [2.05, 4.69) is 32.0 Å². The number of nitrogens with one attached hydrogen (secondary N) is 1. The van der Waals surface area contributed by atoms with Gasteiger partial charge in [-0.3, -0.25) is 5.41 Å². The molecule has 0 unspecified atom stereocenters. The first-order valence-electron chi connectivity index (χ1n) is 8.97. The van der Waals surface area contributed by atoms with E-state index in [4.69, 9.17) is 22.0 Å². The fourth-order valence-electron chi connectivity index (χ4n) is 3.25. The van der Waals surface area contributed by atoms with Crippen molar-refractivity contribution in [3.63, 3.8) is 0 Å². The summed E-state index contributed by atoms with van der Waals surface area (Å²) in [4.78, 5) is 6.51. The molecule has 2 N–H and O–H groups in total. The van der Waals surface area contributed by atoms with Gasteiger partial charge in [0.25, 0.3) is 0 Å². The summed E-state index contributed by atoms with van der Waals surface area (Å²) in [7, 11) is 0. The number of aromatic nitrogens is 1. The molecule has 0 atom stereocenters. The summed E-state index contributed by atoms with van der Waals surface area (Å²) in [6.07, 6.45) is 0. The zero-order valence-corrected chi connectivity index (χ0v) is 17.2. The average Bonchev–Trinajstić information content (AvgIpc) is 3.24. The van der Waals surface area contributed by atoms with Crippen LogP contribution in [0.4, 0.5) is 0 Å². The van der Waals surface area contributed by atoms with Crippen molar-refractivity contribution in [3.8, 4) is 11.3 Å². The molecule has 2 aromatic carbocycles. The highest BCUT2D eigenvalue weighted by Gasteiger charge is 2.30. The molecule has 0 amide bonds. The monoisotopic (exact) mass is 409 g/mol. The fourth-order valence-corrected chi connectivity index (χ4v) is 4.34. The number of thiazole rings is 1. The molecule has 1 aliphatic rings. The molecule has 1 aromatic heterocycles. The largest absolute Gasteiger partial charge is 0.510 e. The van der Waals surface area contributed by atoms with E-state index in [0.717, 1.165) is 16.8 Å². The van der Waals surface area contributed by atoms with Gasteiger partial charge < -0.3 is 10.0 Å². The van der Waals surface area contributed by atoms with E-state index in [-0.39, 0.29) is 18.1 Å². The maximum atomic E-state index is 10.5. The van der Waals surface area contributed by atoms with Gasteiger partial charge in [0, 0.05) is 22.5 Å². The molecule has 0 bridgehead atoms. The fraction of sp³-hybridized carbons (Fsp3) is 0.182. The topological polar surface area (TPSA) is 60.2 Å². The van der Waals surface area contributed by atoms with Gasteiger partial charge in [0.2, 0.25) is 0 Å². The molecule has 0 spiro atoms. The van der Waals surface area contributed by atoms with Gasteiger partial charge >= 0.3 is 0 Å². The van der Waals surface area contributed by atoms with E-state index >= 15 is 0 Å². The molecular formula is C22H20ClN3OS. The molecule has 3 aromatic rings. The number of amidine groups is 1. The van der Waals surface area contributed by atoms with Crippen molar-refractivity contribution < 1.29 is 5.11 Å². The summed E-state index contributed by atoms with van der Waals surface area (Å²) >= 11 is 7.70. The number of halogens is 1. The van der Waals surface area contributed by atoms with E-state index in [1.807, 2.05) is 34.5 Å². The number of nitrogens with zero attached hydrogens (tertiary/aromatic N) is 2. The smallest absolute Gasteiger partial charge is 0.135 e. The predicted octanol–water partition coefficient (Wildman–Crippen LogP) is 5.84. The van der Waals surface area contributed by atoms with Gasteiger partial charge in [0.15, 0.2) is 0 Å². The van der Waals surface area contributed by atoms with Crippen LogP contribution in [-0.4, -0.2) is 27.4 Å². The van der Waals surface area contributed by atoms with Crippen LogP contribution in [0.25, 0.3) is 16.8 Å². The van der Waals surface area contributed by atoms with Crippen molar-refractivity contribution in [2.24, 2.45) is 0 Å². The standard InChI is InChI=1S/C22H20ClN3OS/c1-13-7-8-15(9-14(13)2)18-12-28-22(25-18)20-19(27)11-26(21(20)24)10-16-5-3-4-6-17(16)23/h3-9,12,24,27H,10-11H2,1-2H3. The number of hydrogen-bond acceptors (Lipinski definition) is 4. The second-order valence-corrected chi connectivity index (χ2v) is 8.22. The quantitative estimate of drug-likeness (QED) is 0.568. The molecule has 4 nitrogen and oxygen atoms in total. The van der Waals surface area contributed by atoms with Crippen molar-refractivity contribution in [2.45, 2.75) is 20.4 Å². The van der Waals surface area contributed by atoms with Gasteiger partial charge in [-0.2, -0.15) is 0 Å². The summed E-state index contributed by atoms with van der Waals surface area (Å²) < 4.78 is 0. The molecule has 0 radical (unpaired) electrons. The van der Waals surface area contributed by atoms with Crippen LogP contribution in [-0.2, 0) is 6.54 Å². The first kappa shape index (κ1) is 18.7. The van der Waals surface area contributed by atoms with Crippen LogP contribution in [0.5, 0.6) is 0 Å². The van der Waals surface area contributed by atoms with E-state index < -0.39 is 0 Å². The summed E-state index contributed by atoms with van der Waals surface area (Å²) in [5.74, 6) is 0.455. The summed E-state index contributed by atoms with van der Waals surface area (Å²) in [6, 6.07) is 13.8. The van der Waals surface area contributed by atoms with Crippen molar-refractivity contribution in [1.82, 2.24) is 9.88 Å². The third kappa shape index (κ3) is 3.43. The molecule has 142 valence electrons. The van der Waals surface area contributed by atoms with Crippen LogP contribution in [0.3, 0.4) is 0 Å². The Morgan fingerprint density at radius 1 is 1.18 bits per heavy atom.